The Labute approximate surface area is 526 Å². The molecule has 0 aliphatic heterocycles. The molecule has 87 heavy (non-hydrogen) atoms. The number of halogens is 8. The van der Waals surface area contributed by atoms with Crippen molar-refractivity contribution in [1.82, 2.24) is 19.1 Å². The van der Waals surface area contributed by atoms with Gasteiger partial charge in [0, 0.05) is 51.6 Å². The fourth-order valence-corrected chi connectivity index (χ4v) is 13.2. The van der Waals surface area contributed by atoms with E-state index in [1.807, 2.05) is 44.4 Å². The van der Waals surface area contributed by atoms with Gasteiger partial charge in [0.2, 0.25) is 10.0 Å². The molecule has 0 amide bonds. The number of primary sulfonamides is 1. The average molecular weight is 1300 g/mol. The fourth-order valence-electron chi connectivity index (χ4n) is 9.92. The van der Waals surface area contributed by atoms with E-state index in [0.29, 0.717) is 67.7 Å². The van der Waals surface area contributed by atoms with Crippen LogP contribution in [0, 0.1) is 34.9 Å². The largest absolute Gasteiger partial charge is 0.495 e. The molecule has 0 fully saturated rings. The van der Waals surface area contributed by atoms with Crippen molar-refractivity contribution in [3.8, 4) is 22.9 Å². The van der Waals surface area contributed by atoms with Gasteiger partial charge in [-0.05, 0) is 133 Å². The van der Waals surface area contributed by atoms with Gasteiger partial charge in [0.25, 0.3) is 0 Å². The quantitative estimate of drug-likeness (QED) is 0.0275. The number of benzene rings is 6. The number of hydrogen-bond donors (Lipinski definition) is 1. The number of unbranched alkanes of at least 4 members (excludes halogenated alkanes) is 1. The summed E-state index contributed by atoms with van der Waals surface area (Å²) in [6.07, 6.45) is 7.21. The van der Waals surface area contributed by atoms with Crippen LogP contribution >= 0.6 is 46.7 Å². The number of rotatable bonds is 24. The molecule has 0 saturated carbocycles. The Hall–Kier alpha value is -5.97. The van der Waals surface area contributed by atoms with Crippen LogP contribution in [0.4, 0.5) is 26.3 Å². The van der Waals surface area contributed by atoms with Gasteiger partial charge in [-0.1, -0.05) is 86.6 Å². The lowest BCUT2D eigenvalue weighted by molar-refractivity contribution is -0.870. The highest BCUT2D eigenvalue weighted by Crippen LogP contribution is 2.42. The summed E-state index contributed by atoms with van der Waals surface area (Å²) in [5.41, 5.74) is 3.96. The second-order valence-electron chi connectivity index (χ2n) is 24.3. The van der Waals surface area contributed by atoms with Crippen molar-refractivity contribution in [2.24, 2.45) is 5.14 Å². The van der Waals surface area contributed by atoms with E-state index < -0.39 is 49.9 Å². The number of hydrogen-bond acceptors (Lipinski definition) is 8. The van der Waals surface area contributed by atoms with Gasteiger partial charge >= 0.3 is 0 Å². The van der Waals surface area contributed by atoms with E-state index in [4.69, 9.17) is 37.8 Å². The van der Waals surface area contributed by atoms with Crippen LogP contribution < -0.4 is 14.6 Å². The van der Waals surface area contributed by atoms with Gasteiger partial charge in [-0.15, -0.1) is 0 Å². The highest BCUT2D eigenvalue weighted by Gasteiger charge is 2.33. The molecule has 11 nitrogen and oxygen atoms in total. The molecule has 0 spiro atoms. The number of quaternary nitrogens is 2. The van der Waals surface area contributed by atoms with E-state index in [1.165, 1.54) is 79.5 Å². The third kappa shape index (κ3) is 17.3. The summed E-state index contributed by atoms with van der Waals surface area (Å²) in [6, 6.07) is 26.1. The van der Waals surface area contributed by atoms with Gasteiger partial charge < -0.3 is 18.4 Å². The van der Waals surface area contributed by atoms with Gasteiger partial charge in [0.1, 0.15) is 39.7 Å². The van der Waals surface area contributed by atoms with Crippen molar-refractivity contribution in [2.75, 3.05) is 69.6 Å². The van der Waals surface area contributed by atoms with Crippen molar-refractivity contribution in [3.05, 3.63) is 205 Å². The molecular weight excluding hydrogens is 1220 g/mol. The van der Waals surface area contributed by atoms with Crippen molar-refractivity contribution in [1.29, 1.82) is 0 Å². The predicted molar refractivity (Wildman–Crippen MR) is 338 cm³/mol. The molecule has 0 aliphatic carbocycles. The number of sulfonamides is 1. The van der Waals surface area contributed by atoms with E-state index in [1.54, 1.807) is 54.4 Å². The van der Waals surface area contributed by atoms with E-state index in [9.17, 15) is 17.2 Å². The van der Waals surface area contributed by atoms with E-state index >= 15 is 17.6 Å². The Kier molecular flexibility index (Phi) is 22.2. The first kappa shape index (κ1) is 68.5. The van der Waals surface area contributed by atoms with Crippen molar-refractivity contribution < 1.29 is 53.2 Å². The molecule has 0 bridgehead atoms. The summed E-state index contributed by atoms with van der Waals surface area (Å²) in [5.74, 6) is -2.76. The van der Waals surface area contributed by atoms with E-state index in [2.05, 4.69) is 52.3 Å². The maximum Gasteiger partial charge on any atom is 0.239 e. The highest BCUT2D eigenvalue weighted by atomic mass is 35.5. The Bertz CT molecular complexity index is 3800. The van der Waals surface area contributed by atoms with Crippen LogP contribution in [0.15, 0.2) is 131 Å². The number of nitrogens with zero attached hydrogens (tertiary/aromatic N) is 6. The molecule has 2 heterocycles. The monoisotopic (exact) mass is 1300 g/mol. The van der Waals surface area contributed by atoms with Gasteiger partial charge in [-0.2, -0.15) is 0 Å². The van der Waals surface area contributed by atoms with E-state index in [-0.39, 0.29) is 44.1 Å². The summed E-state index contributed by atoms with van der Waals surface area (Å²) >= 11 is 14.9. The third-order valence-electron chi connectivity index (χ3n) is 15.0. The Morgan fingerprint density at radius 1 is 0.540 bits per heavy atom. The maximum atomic E-state index is 15.2. The molecule has 0 aliphatic rings. The normalized spacial score (nSPS) is 12.3. The number of thioether (sulfide) groups is 2. The van der Waals surface area contributed by atoms with Crippen LogP contribution in [-0.2, 0) is 45.2 Å². The molecule has 2 N–H and O–H groups in total. The highest BCUT2D eigenvalue weighted by molar-refractivity contribution is 7.98. The molecule has 0 unspecified atom stereocenters. The average Bonchev–Trinajstić information content (AvgIpc) is 1.79. The first-order chi connectivity index (χ1) is 40.7. The van der Waals surface area contributed by atoms with Crippen molar-refractivity contribution >= 4 is 56.7 Å². The molecule has 2 aromatic heterocycles. The van der Waals surface area contributed by atoms with Crippen LogP contribution in [0.5, 0.6) is 11.5 Å². The number of aromatic nitrogens is 4. The summed E-state index contributed by atoms with van der Waals surface area (Å²) in [5, 5.41) is 6.68. The zero-order chi connectivity index (χ0) is 64.0. The molecule has 6 aromatic carbocycles. The van der Waals surface area contributed by atoms with Crippen LogP contribution in [0.1, 0.15) is 91.7 Å². The van der Waals surface area contributed by atoms with Gasteiger partial charge in [0.05, 0.1) is 109 Å². The molecule has 0 atom stereocenters. The second kappa shape index (κ2) is 28.2. The summed E-state index contributed by atoms with van der Waals surface area (Å²) in [4.78, 5) is 9.04. The number of ether oxygens (including phenoxy) is 2. The molecule has 8 aromatic rings. The third-order valence-corrected chi connectivity index (χ3v) is 18.6. The summed E-state index contributed by atoms with van der Waals surface area (Å²) in [6.45, 7) is 9.73. The molecular formula is C65H75Cl2F6N7O4S3+2. The number of nitrogens with two attached hydrogens (primary N) is 1. The molecule has 0 saturated heterocycles. The van der Waals surface area contributed by atoms with Gasteiger partial charge in [0.15, 0.2) is 21.9 Å². The standard InChI is InChI=1S/C33H38ClF3N3OS.C32H37ClF3N4O3S2/c1-33(2,23-10-15-27(34)30(19-23)41-6)31-20-38-32(39(31)25-13-11-24(35)12-14-25)42-21-26-28(36)17-22(18-29(26)37)9-7-8-16-40(3,4)5;1-32(2,21-9-12-29(24(33)16-21)45(37,41)42)30-18-38-31(39(30)22-10-11-25(34)28(17-22)43-6)44-19-23-26(35)14-20(15-27(23)36)8-7-13-40(3,4)5/h10-15,17-20H,7-9,16,21H2,1-6H3;9-12,14-18H,7-8,13,19H2,1-6H3,(H2,37,41,42)/q2*+1. The minimum atomic E-state index is -4.04. The van der Waals surface area contributed by atoms with Crippen LogP contribution in [-0.4, -0.2) is 106 Å². The molecule has 0 radical (unpaired) electrons. The smallest absolute Gasteiger partial charge is 0.239 e. The lowest BCUT2D eigenvalue weighted by Gasteiger charge is -2.28. The Balaban J connectivity index is 0.000000249. The first-order valence-corrected chi connectivity index (χ1v) is 32.2. The van der Waals surface area contributed by atoms with E-state index in [0.717, 1.165) is 64.3 Å². The number of imidazole rings is 2. The summed E-state index contributed by atoms with van der Waals surface area (Å²) in [7, 11) is 11.5. The van der Waals surface area contributed by atoms with Crippen LogP contribution in [0.25, 0.3) is 11.4 Å². The number of aryl methyl sites for hydroxylation is 2. The first-order valence-electron chi connectivity index (χ1n) is 28.0. The van der Waals surface area contributed by atoms with Gasteiger partial charge in [-0.3, -0.25) is 9.13 Å². The zero-order valence-electron chi connectivity index (χ0n) is 51.0. The maximum absolute atomic E-state index is 15.2. The van der Waals surface area contributed by atoms with Crippen LogP contribution in [0.2, 0.25) is 10.0 Å². The molecule has 22 heteroatoms. The SMILES string of the molecule is COc1cc(-n2c(C(C)(C)c3ccc(S(N)(=O)=O)c(Cl)c3)cnc2SCc2c(F)cc(CCC[N+](C)(C)C)cc2F)ccc1F.COc1cc(C(C)(C)c2cnc(SCc3c(F)cc(CCCC[N+](C)(C)C)cc3F)n2-c2ccc(F)cc2)ccc1Cl. The van der Waals surface area contributed by atoms with Gasteiger partial charge in [-0.25, -0.2) is 49.9 Å². The van der Waals surface area contributed by atoms with Crippen molar-refractivity contribution in [2.45, 2.75) is 97.3 Å². The minimum absolute atomic E-state index is 0.000561. The molecule has 8 rings (SSSR count). The zero-order valence-corrected chi connectivity index (χ0v) is 54.9. The second-order valence-corrected chi connectivity index (χ2v) is 28.6. The molecule has 466 valence electrons. The predicted octanol–water partition coefficient (Wildman–Crippen LogP) is 15.5. The van der Waals surface area contributed by atoms with Crippen LogP contribution in [0.3, 0.4) is 0 Å². The number of methoxy groups -OCH3 is 2. The minimum Gasteiger partial charge on any atom is -0.495 e. The lowest BCUT2D eigenvalue weighted by Crippen LogP contribution is -2.35. The lowest BCUT2D eigenvalue weighted by atomic mass is 9.81. The fraction of sp³-hybridized carbons (Fsp3) is 0.354. The Morgan fingerprint density at radius 3 is 1.46 bits per heavy atom. The summed E-state index contributed by atoms with van der Waals surface area (Å²) < 4.78 is 129. The van der Waals surface area contributed by atoms with Crippen molar-refractivity contribution in [3.63, 3.8) is 0 Å². The topological polar surface area (TPSA) is 114 Å². The Morgan fingerprint density at radius 2 is 0.989 bits per heavy atom.